The maximum Gasteiger partial charge on any atom is 0.356 e. The van der Waals surface area contributed by atoms with Crippen LogP contribution in [0.5, 0.6) is 11.8 Å². The molecule has 0 spiro atoms. The van der Waals surface area contributed by atoms with Crippen LogP contribution >= 0.6 is 0 Å². The number of fused-ring (bicyclic) bond motifs is 2. The van der Waals surface area contributed by atoms with Crippen LogP contribution in [0.15, 0.2) is 66.0 Å². The van der Waals surface area contributed by atoms with Crippen molar-refractivity contribution in [1.82, 2.24) is 20.3 Å². The molecular weight excluding hydrogens is 446 g/mol. The predicted molar refractivity (Wildman–Crippen MR) is 130 cm³/mol. The summed E-state index contributed by atoms with van der Waals surface area (Å²) in [6.45, 7) is 2.79. The number of nitrogens with one attached hydrogen (secondary N) is 4. The van der Waals surface area contributed by atoms with Crippen LogP contribution in [0.1, 0.15) is 34.5 Å². The third-order valence-corrected chi connectivity index (χ3v) is 6.25. The van der Waals surface area contributed by atoms with Gasteiger partial charge >= 0.3 is 5.97 Å². The monoisotopic (exact) mass is 469 g/mol. The highest BCUT2D eigenvalue weighted by molar-refractivity contribution is 6.04. The zero-order valence-corrected chi connectivity index (χ0v) is 19.0. The van der Waals surface area contributed by atoms with Crippen LogP contribution < -0.4 is 15.4 Å². The second-order valence-electron chi connectivity index (χ2n) is 8.43. The second-order valence-corrected chi connectivity index (χ2v) is 8.43. The Labute approximate surface area is 200 Å². The summed E-state index contributed by atoms with van der Waals surface area (Å²) in [6.07, 6.45) is 1.77. The van der Waals surface area contributed by atoms with Crippen molar-refractivity contribution in [3.8, 4) is 11.8 Å². The standard InChI is InChI=1S/C26H23N5O4/c1-2-34-25(33)24-23-16(11-28-24)21(22-19(29-23)12-27-13-20(22)32)14-6-5-7-15(10-14)35-26-30-17-8-3-4-9-18(17)31-26/h3-11,21,27-29H,2,12-13H2,1H3,(H,30,31). The fourth-order valence-electron chi connectivity index (χ4n) is 4.77. The van der Waals surface area contributed by atoms with E-state index in [1.165, 1.54) is 0 Å². The SMILES string of the molecule is CCOC(=O)c1[nH]cc2c1NC1=C(C(=O)CNC1)C2c1cccc(Oc2nc3ccccc3[nH]2)c1. The van der Waals surface area contributed by atoms with Crippen LogP contribution in [0.4, 0.5) is 5.69 Å². The quantitative estimate of drug-likeness (QED) is 0.328. The Hall–Kier alpha value is -4.37. The van der Waals surface area contributed by atoms with Gasteiger partial charge in [0.1, 0.15) is 11.4 Å². The molecule has 9 nitrogen and oxygen atoms in total. The average molecular weight is 470 g/mol. The van der Waals surface area contributed by atoms with Crippen molar-refractivity contribution in [2.75, 3.05) is 25.0 Å². The van der Waals surface area contributed by atoms with Gasteiger partial charge in [-0.2, -0.15) is 4.98 Å². The lowest BCUT2D eigenvalue weighted by Gasteiger charge is -2.33. The van der Waals surface area contributed by atoms with Gasteiger partial charge in [-0.3, -0.25) is 4.79 Å². The molecule has 2 aliphatic heterocycles. The Bertz CT molecular complexity index is 1470. The molecule has 6 rings (SSSR count). The number of rotatable bonds is 5. The number of carbonyl (C=O) groups excluding carboxylic acids is 2. The number of hydrogen-bond acceptors (Lipinski definition) is 7. The van der Waals surface area contributed by atoms with Crippen molar-refractivity contribution in [3.63, 3.8) is 0 Å². The second kappa shape index (κ2) is 8.44. The minimum absolute atomic E-state index is 0.0110. The molecule has 0 radical (unpaired) electrons. The number of para-hydroxylation sites is 2. The number of ketones is 1. The number of benzene rings is 2. The topological polar surface area (TPSA) is 121 Å². The number of hydrogen-bond donors (Lipinski definition) is 4. The van der Waals surface area contributed by atoms with Gasteiger partial charge in [-0.05, 0) is 36.8 Å². The van der Waals surface area contributed by atoms with Crippen LogP contribution in [0.2, 0.25) is 0 Å². The fraction of sp³-hybridized carbons (Fsp3) is 0.192. The summed E-state index contributed by atoms with van der Waals surface area (Å²) < 4.78 is 11.3. The molecule has 4 N–H and O–H groups in total. The summed E-state index contributed by atoms with van der Waals surface area (Å²) in [5.41, 5.74) is 5.80. The van der Waals surface area contributed by atoms with Crippen molar-refractivity contribution >= 4 is 28.5 Å². The lowest BCUT2D eigenvalue weighted by molar-refractivity contribution is -0.115. The van der Waals surface area contributed by atoms with Gasteiger partial charge in [0.25, 0.3) is 6.01 Å². The molecule has 0 saturated carbocycles. The number of anilines is 1. The van der Waals surface area contributed by atoms with Gasteiger partial charge in [0.15, 0.2) is 5.78 Å². The maximum atomic E-state index is 13.0. The summed E-state index contributed by atoms with van der Waals surface area (Å²) >= 11 is 0. The van der Waals surface area contributed by atoms with Gasteiger partial charge in [-0.25, -0.2) is 4.79 Å². The highest BCUT2D eigenvalue weighted by Gasteiger charge is 2.38. The van der Waals surface area contributed by atoms with E-state index in [1.54, 1.807) is 13.1 Å². The summed E-state index contributed by atoms with van der Waals surface area (Å²) in [5, 5.41) is 6.43. The number of Topliss-reactive ketones (excluding diaryl/α,β-unsaturated/α-hetero) is 1. The number of imidazole rings is 1. The Morgan fingerprint density at radius 3 is 2.89 bits per heavy atom. The van der Waals surface area contributed by atoms with Crippen molar-refractivity contribution in [1.29, 1.82) is 0 Å². The molecular formula is C26H23N5O4. The summed E-state index contributed by atoms with van der Waals surface area (Å²) in [6, 6.07) is 15.7. The Kier molecular flexibility index (Phi) is 5.11. The lowest BCUT2D eigenvalue weighted by atomic mass is 9.79. The minimum atomic E-state index is -0.443. The van der Waals surface area contributed by atoms with E-state index in [1.807, 2.05) is 48.5 Å². The molecule has 0 fully saturated rings. The molecule has 0 aliphatic carbocycles. The molecule has 9 heteroatoms. The van der Waals surface area contributed by atoms with Gasteiger partial charge in [0.05, 0.1) is 29.9 Å². The Morgan fingerprint density at radius 1 is 1.14 bits per heavy atom. The molecule has 35 heavy (non-hydrogen) atoms. The number of H-pyrrole nitrogens is 2. The summed E-state index contributed by atoms with van der Waals surface area (Å²) in [5.74, 6) is -0.209. The molecule has 4 aromatic rings. The highest BCUT2D eigenvalue weighted by atomic mass is 16.5. The third-order valence-electron chi connectivity index (χ3n) is 6.25. The van der Waals surface area contributed by atoms with Crippen LogP contribution in [0.25, 0.3) is 11.0 Å². The van der Waals surface area contributed by atoms with Crippen LogP contribution in [0.3, 0.4) is 0 Å². The molecule has 2 aliphatic rings. The predicted octanol–water partition coefficient (Wildman–Crippen LogP) is 3.84. The van der Waals surface area contributed by atoms with E-state index in [0.29, 0.717) is 35.3 Å². The van der Waals surface area contributed by atoms with Gasteiger partial charge in [0, 0.05) is 35.5 Å². The Morgan fingerprint density at radius 2 is 2.03 bits per heavy atom. The molecule has 1 atom stereocenters. The molecule has 0 bridgehead atoms. The van der Waals surface area contributed by atoms with Gasteiger partial charge < -0.3 is 30.1 Å². The van der Waals surface area contributed by atoms with E-state index in [0.717, 1.165) is 27.9 Å². The van der Waals surface area contributed by atoms with Gasteiger partial charge in [0.2, 0.25) is 0 Å². The summed E-state index contributed by atoms with van der Waals surface area (Å²) in [7, 11) is 0. The van der Waals surface area contributed by atoms with Crippen molar-refractivity contribution < 1.29 is 19.1 Å². The van der Waals surface area contributed by atoms with E-state index >= 15 is 0 Å². The average Bonchev–Trinajstić information content (AvgIpc) is 3.46. The minimum Gasteiger partial charge on any atom is -0.461 e. The first-order chi connectivity index (χ1) is 17.1. The normalized spacial score (nSPS) is 17.1. The fourth-order valence-corrected chi connectivity index (χ4v) is 4.77. The first kappa shape index (κ1) is 21.2. The molecule has 2 aromatic carbocycles. The largest absolute Gasteiger partial charge is 0.461 e. The number of aromatic amines is 2. The zero-order chi connectivity index (χ0) is 23.9. The Balaban J connectivity index is 1.41. The number of aromatic nitrogens is 3. The van der Waals surface area contributed by atoms with Crippen LogP contribution in [-0.4, -0.2) is 46.4 Å². The number of carbonyl (C=O) groups is 2. The van der Waals surface area contributed by atoms with E-state index in [2.05, 4.69) is 25.6 Å². The van der Waals surface area contributed by atoms with E-state index in [-0.39, 0.29) is 24.9 Å². The van der Waals surface area contributed by atoms with Crippen LogP contribution in [-0.2, 0) is 9.53 Å². The van der Waals surface area contributed by atoms with Gasteiger partial charge in [-0.1, -0.05) is 24.3 Å². The van der Waals surface area contributed by atoms with Crippen molar-refractivity contribution in [3.05, 3.63) is 82.8 Å². The van der Waals surface area contributed by atoms with Crippen molar-refractivity contribution in [2.45, 2.75) is 12.8 Å². The molecule has 0 saturated heterocycles. The lowest BCUT2D eigenvalue weighted by Crippen LogP contribution is -2.39. The maximum absolute atomic E-state index is 13.0. The molecule has 0 amide bonds. The first-order valence-electron chi connectivity index (χ1n) is 11.5. The molecule has 4 heterocycles. The van der Waals surface area contributed by atoms with Crippen molar-refractivity contribution in [2.24, 2.45) is 0 Å². The molecule has 176 valence electrons. The van der Waals surface area contributed by atoms with Crippen LogP contribution in [0, 0.1) is 0 Å². The zero-order valence-electron chi connectivity index (χ0n) is 19.0. The summed E-state index contributed by atoms with van der Waals surface area (Å²) in [4.78, 5) is 36.3. The number of esters is 1. The molecule has 2 aromatic heterocycles. The number of ether oxygens (including phenoxy) is 2. The van der Waals surface area contributed by atoms with E-state index in [4.69, 9.17) is 9.47 Å². The smallest absolute Gasteiger partial charge is 0.356 e. The van der Waals surface area contributed by atoms with E-state index < -0.39 is 5.97 Å². The van der Waals surface area contributed by atoms with Gasteiger partial charge in [-0.15, -0.1) is 0 Å². The highest BCUT2D eigenvalue weighted by Crippen LogP contribution is 2.45. The first-order valence-corrected chi connectivity index (χ1v) is 11.5. The number of nitrogens with zero attached hydrogens (tertiary/aromatic N) is 1. The molecule has 1 unspecified atom stereocenters. The third kappa shape index (κ3) is 3.66. The van der Waals surface area contributed by atoms with E-state index in [9.17, 15) is 9.59 Å².